The molecule has 0 heterocycles. The third-order valence-corrected chi connectivity index (χ3v) is 5.47. The number of hydrogen-bond acceptors (Lipinski definition) is 8. The number of anilines is 1. The predicted molar refractivity (Wildman–Crippen MR) is 132 cm³/mol. The first-order valence-corrected chi connectivity index (χ1v) is 10.6. The zero-order valence-corrected chi connectivity index (χ0v) is 19.8. The average Bonchev–Trinajstić information content (AvgIpc) is 2.79. The van der Waals surface area contributed by atoms with Crippen LogP contribution < -0.4 is 14.9 Å². The van der Waals surface area contributed by atoms with E-state index in [4.69, 9.17) is 9.47 Å². The molecule has 1 N–H and O–H groups in total. The molecule has 0 radical (unpaired) electrons. The van der Waals surface area contributed by atoms with Crippen molar-refractivity contribution in [2.24, 2.45) is 5.10 Å². The molecule has 3 rings (SSSR count). The van der Waals surface area contributed by atoms with Gasteiger partial charge in [0.25, 0.3) is 5.69 Å². The van der Waals surface area contributed by atoms with Crippen LogP contribution in [-0.4, -0.2) is 23.2 Å². The first-order valence-electron chi connectivity index (χ1n) is 9.57. The number of nitro benzene ring substituents is 2. The summed E-state index contributed by atoms with van der Waals surface area (Å²) >= 11 is 2.13. The van der Waals surface area contributed by atoms with Gasteiger partial charge in [-0.3, -0.25) is 25.7 Å². The maximum absolute atomic E-state index is 11.2. The van der Waals surface area contributed by atoms with Crippen molar-refractivity contribution in [1.82, 2.24) is 0 Å². The van der Waals surface area contributed by atoms with Gasteiger partial charge in [-0.05, 0) is 64.4 Å². The van der Waals surface area contributed by atoms with Crippen molar-refractivity contribution in [3.05, 3.63) is 95.1 Å². The van der Waals surface area contributed by atoms with Crippen LogP contribution in [0.2, 0.25) is 0 Å². The number of nitrogens with one attached hydrogen (secondary N) is 1. The van der Waals surface area contributed by atoms with Crippen LogP contribution in [-0.2, 0) is 6.61 Å². The molecule has 0 saturated carbocycles. The number of aryl methyl sites for hydroxylation is 1. The predicted octanol–water partition coefficient (Wildman–Crippen LogP) is 5.45. The molecule has 0 spiro atoms. The second-order valence-corrected chi connectivity index (χ2v) is 8.00. The maximum atomic E-state index is 11.2. The molecule has 0 aliphatic carbocycles. The van der Waals surface area contributed by atoms with E-state index >= 15 is 0 Å². The van der Waals surface area contributed by atoms with Crippen LogP contribution in [0.1, 0.15) is 16.7 Å². The monoisotopic (exact) mass is 562 g/mol. The number of ether oxygens (including phenoxy) is 2. The van der Waals surface area contributed by atoms with E-state index in [9.17, 15) is 20.2 Å². The Labute approximate surface area is 202 Å². The molecule has 33 heavy (non-hydrogen) atoms. The molecule has 0 amide bonds. The molecule has 0 unspecified atom stereocenters. The Hall–Kier alpha value is -3.74. The van der Waals surface area contributed by atoms with Gasteiger partial charge in [0.1, 0.15) is 12.3 Å². The van der Waals surface area contributed by atoms with Gasteiger partial charge in [-0.15, -0.1) is 0 Å². The van der Waals surface area contributed by atoms with Crippen LogP contribution in [0.15, 0.2) is 59.7 Å². The van der Waals surface area contributed by atoms with Crippen LogP contribution in [0.3, 0.4) is 0 Å². The number of nitro groups is 2. The van der Waals surface area contributed by atoms with E-state index in [-0.39, 0.29) is 11.4 Å². The fraction of sp³-hybridized carbons (Fsp3) is 0.136. The number of methoxy groups -OCH3 is 1. The van der Waals surface area contributed by atoms with Gasteiger partial charge in [0.2, 0.25) is 0 Å². The maximum Gasteiger partial charge on any atom is 0.301 e. The molecule has 3 aromatic carbocycles. The highest BCUT2D eigenvalue weighted by Crippen LogP contribution is 2.34. The zero-order chi connectivity index (χ0) is 24.0. The topological polar surface area (TPSA) is 129 Å². The van der Waals surface area contributed by atoms with Gasteiger partial charge in [-0.1, -0.05) is 24.3 Å². The summed E-state index contributed by atoms with van der Waals surface area (Å²) in [7, 11) is 1.53. The van der Waals surface area contributed by atoms with Crippen molar-refractivity contribution in [2.75, 3.05) is 12.5 Å². The highest BCUT2D eigenvalue weighted by Gasteiger charge is 2.19. The molecule has 170 valence electrons. The van der Waals surface area contributed by atoms with Gasteiger partial charge in [0, 0.05) is 6.07 Å². The molecular weight excluding hydrogens is 543 g/mol. The van der Waals surface area contributed by atoms with Gasteiger partial charge < -0.3 is 9.47 Å². The minimum absolute atomic E-state index is 0.0293. The van der Waals surface area contributed by atoms with E-state index in [1.54, 1.807) is 6.07 Å². The number of halogens is 1. The van der Waals surface area contributed by atoms with E-state index in [1.165, 1.54) is 19.4 Å². The molecule has 0 saturated heterocycles. The van der Waals surface area contributed by atoms with Crippen LogP contribution in [0.4, 0.5) is 17.1 Å². The summed E-state index contributed by atoms with van der Waals surface area (Å²) in [5, 5.41) is 26.1. The number of hydrazone groups is 1. The van der Waals surface area contributed by atoms with E-state index in [0.717, 1.165) is 26.8 Å². The Balaban J connectivity index is 1.78. The summed E-state index contributed by atoms with van der Waals surface area (Å²) in [6.45, 7) is 2.40. The van der Waals surface area contributed by atoms with Crippen LogP contribution in [0.25, 0.3) is 0 Å². The third-order valence-electron chi connectivity index (χ3n) is 4.67. The number of nitrogens with zero attached hydrogens (tertiary/aromatic N) is 3. The SMILES string of the molecule is COc1cc(/C=N\Nc2ccc([N+](=O)[O-])cc2[N+](=O)[O-])cc(I)c1OCc1ccccc1C. The Morgan fingerprint density at radius 1 is 1.09 bits per heavy atom. The van der Waals surface area contributed by atoms with E-state index in [1.807, 2.05) is 37.3 Å². The Kier molecular flexibility index (Phi) is 7.77. The summed E-state index contributed by atoms with van der Waals surface area (Å²) in [5.41, 5.74) is 4.62. The lowest BCUT2D eigenvalue weighted by molar-refractivity contribution is -0.393. The van der Waals surface area contributed by atoms with Gasteiger partial charge in [0.05, 0.1) is 32.8 Å². The first-order chi connectivity index (χ1) is 15.8. The highest BCUT2D eigenvalue weighted by molar-refractivity contribution is 14.1. The Bertz CT molecular complexity index is 1230. The van der Waals surface area contributed by atoms with Crippen molar-refractivity contribution in [1.29, 1.82) is 0 Å². The van der Waals surface area contributed by atoms with Crippen LogP contribution in [0, 0.1) is 30.7 Å². The highest BCUT2D eigenvalue weighted by atomic mass is 127. The Morgan fingerprint density at radius 2 is 1.85 bits per heavy atom. The van der Waals surface area contributed by atoms with Gasteiger partial charge in [-0.25, -0.2) is 0 Å². The van der Waals surface area contributed by atoms with Gasteiger partial charge >= 0.3 is 5.69 Å². The van der Waals surface area contributed by atoms with E-state index in [0.29, 0.717) is 23.7 Å². The smallest absolute Gasteiger partial charge is 0.301 e. The van der Waals surface area contributed by atoms with E-state index in [2.05, 4.69) is 33.1 Å². The molecule has 0 aliphatic rings. The third kappa shape index (κ3) is 5.94. The summed E-state index contributed by atoms with van der Waals surface area (Å²) in [5.74, 6) is 1.11. The van der Waals surface area contributed by atoms with Crippen molar-refractivity contribution in [3.8, 4) is 11.5 Å². The zero-order valence-electron chi connectivity index (χ0n) is 17.6. The quantitative estimate of drug-likeness (QED) is 0.159. The van der Waals surface area contributed by atoms with Crippen molar-refractivity contribution < 1.29 is 19.3 Å². The summed E-state index contributed by atoms with van der Waals surface area (Å²) in [6.07, 6.45) is 1.46. The Morgan fingerprint density at radius 3 is 2.52 bits per heavy atom. The van der Waals surface area contributed by atoms with Gasteiger partial charge in [-0.2, -0.15) is 5.10 Å². The minimum Gasteiger partial charge on any atom is -0.493 e. The number of rotatable bonds is 9. The molecule has 0 aromatic heterocycles. The number of benzene rings is 3. The standard InChI is InChI=1S/C22H19IN4O6/c1-14-5-3-4-6-16(14)13-33-22-18(23)9-15(10-21(22)32-2)12-24-25-19-8-7-17(26(28)29)11-20(19)27(30)31/h3-12,25H,13H2,1-2H3/b24-12-. The minimum atomic E-state index is -0.711. The molecule has 10 nitrogen and oxygen atoms in total. The summed E-state index contributed by atoms with van der Waals surface area (Å²) in [6, 6.07) is 14.8. The van der Waals surface area contributed by atoms with Crippen molar-refractivity contribution >= 4 is 45.9 Å². The molecular formula is C22H19IN4O6. The lowest BCUT2D eigenvalue weighted by Crippen LogP contribution is -2.02. The second kappa shape index (κ2) is 10.7. The lowest BCUT2D eigenvalue weighted by Gasteiger charge is -2.14. The average molecular weight is 562 g/mol. The van der Waals surface area contributed by atoms with Gasteiger partial charge in [0.15, 0.2) is 11.5 Å². The fourth-order valence-corrected chi connectivity index (χ4v) is 3.71. The molecule has 11 heteroatoms. The summed E-state index contributed by atoms with van der Waals surface area (Å²) < 4.78 is 12.3. The second-order valence-electron chi connectivity index (χ2n) is 6.83. The normalized spacial score (nSPS) is 10.8. The summed E-state index contributed by atoms with van der Waals surface area (Å²) in [4.78, 5) is 20.7. The lowest BCUT2D eigenvalue weighted by atomic mass is 10.1. The largest absolute Gasteiger partial charge is 0.493 e. The van der Waals surface area contributed by atoms with Crippen molar-refractivity contribution in [2.45, 2.75) is 13.5 Å². The number of hydrogen-bond donors (Lipinski definition) is 1. The molecule has 0 aliphatic heterocycles. The van der Waals surface area contributed by atoms with Crippen molar-refractivity contribution in [3.63, 3.8) is 0 Å². The molecule has 0 atom stereocenters. The molecule has 0 bridgehead atoms. The van der Waals surface area contributed by atoms with Crippen LogP contribution in [0.5, 0.6) is 11.5 Å². The fourth-order valence-electron chi connectivity index (χ4n) is 2.93. The molecule has 0 fully saturated rings. The van der Waals surface area contributed by atoms with Crippen LogP contribution >= 0.6 is 22.6 Å². The molecule has 3 aromatic rings. The number of non-ortho nitro benzene ring substituents is 1. The first kappa shape index (κ1) is 23.9. The van der Waals surface area contributed by atoms with E-state index < -0.39 is 15.5 Å².